The quantitative estimate of drug-likeness (QED) is 0.925. The molecule has 0 amide bonds. The zero-order chi connectivity index (χ0) is 14.0. The van der Waals surface area contributed by atoms with Crippen LogP contribution in [0.25, 0.3) is 0 Å². The van der Waals surface area contributed by atoms with Crippen molar-refractivity contribution in [3.05, 3.63) is 63.4 Å². The minimum atomic E-state index is -0.806. The molecule has 1 atom stereocenters. The van der Waals surface area contributed by atoms with E-state index in [9.17, 15) is 9.50 Å². The highest BCUT2D eigenvalue weighted by Gasteiger charge is 2.15. The van der Waals surface area contributed by atoms with Gasteiger partial charge in [-0.05, 0) is 41.8 Å². The first-order valence-electron chi connectivity index (χ1n) is 5.80. The van der Waals surface area contributed by atoms with E-state index < -0.39 is 6.10 Å². The van der Waals surface area contributed by atoms with Crippen molar-refractivity contribution < 1.29 is 14.2 Å². The molecule has 2 aromatic carbocycles. The van der Waals surface area contributed by atoms with Crippen LogP contribution in [0, 0.1) is 12.7 Å². The SMILES string of the molecule is COc1ccc(C(O)c2ccc(F)c(C)c2)c(Br)c1. The maximum Gasteiger partial charge on any atom is 0.126 e. The highest BCUT2D eigenvalue weighted by molar-refractivity contribution is 9.10. The van der Waals surface area contributed by atoms with Crippen LogP contribution < -0.4 is 4.74 Å². The summed E-state index contributed by atoms with van der Waals surface area (Å²) in [6.07, 6.45) is -0.806. The maximum atomic E-state index is 13.2. The third kappa shape index (κ3) is 2.96. The van der Waals surface area contributed by atoms with Gasteiger partial charge < -0.3 is 9.84 Å². The molecule has 0 aromatic heterocycles. The first kappa shape index (κ1) is 14.0. The molecule has 0 saturated carbocycles. The number of ether oxygens (including phenoxy) is 1. The lowest BCUT2D eigenvalue weighted by atomic mass is 10.00. The molecule has 0 spiro atoms. The molecule has 0 heterocycles. The molecule has 19 heavy (non-hydrogen) atoms. The van der Waals surface area contributed by atoms with Crippen LogP contribution in [0.4, 0.5) is 4.39 Å². The molecule has 0 saturated heterocycles. The third-order valence-corrected chi connectivity index (χ3v) is 3.69. The van der Waals surface area contributed by atoms with Crippen LogP contribution >= 0.6 is 15.9 Å². The van der Waals surface area contributed by atoms with E-state index >= 15 is 0 Å². The van der Waals surface area contributed by atoms with Crippen molar-refractivity contribution in [1.29, 1.82) is 0 Å². The summed E-state index contributed by atoms with van der Waals surface area (Å²) in [7, 11) is 1.58. The topological polar surface area (TPSA) is 29.5 Å². The van der Waals surface area contributed by atoms with E-state index in [-0.39, 0.29) is 5.82 Å². The second-order valence-corrected chi connectivity index (χ2v) is 5.15. The zero-order valence-electron chi connectivity index (χ0n) is 10.7. The molecule has 1 N–H and O–H groups in total. The average molecular weight is 325 g/mol. The Morgan fingerprint density at radius 3 is 2.53 bits per heavy atom. The molecule has 0 bridgehead atoms. The number of aliphatic hydroxyl groups excluding tert-OH is 1. The summed E-state index contributed by atoms with van der Waals surface area (Å²) in [5, 5.41) is 10.4. The maximum absolute atomic E-state index is 13.2. The van der Waals surface area contributed by atoms with Gasteiger partial charge in [-0.3, -0.25) is 0 Å². The highest BCUT2D eigenvalue weighted by Crippen LogP contribution is 2.31. The number of methoxy groups -OCH3 is 1. The Labute approximate surface area is 120 Å². The normalized spacial score (nSPS) is 12.3. The monoisotopic (exact) mass is 324 g/mol. The first-order chi connectivity index (χ1) is 9.02. The fourth-order valence-electron chi connectivity index (χ4n) is 1.87. The van der Waals surface area contributed by atoms with Gasteiger partial charge in [0.05, 0.1) is 7.11 Å². The number of hydrogen-bond acceptors (Lipinski definition) is 2. The van der Waals surface area contributed by atoms with Crippen molar-refractivity contribution in [2.75, 3.05) is 7.11 Å². The molecule has 0 aliphatic carbocycles. The van der Waals surface area contributed by atoms with E-state index in [1.165, 1.54) is 6.07 Å². The Morgan fingerprint density at radius 1 is 1.21 bits per heavy atom. The van der Waals surface area contributed by atoms with Crippen LogP contribution in [0.3, 0.4) is 0 Å². The van der Waals surface area contributed by atoms with Gasteiger partial charge in [-0.2, -0.15) is 0 Å². The summed E-state index contributed by atoms with van der Waals surface area (Å²) in [6.45, 7) is 1.68. The molecule has 1 unspecified atom stereocenters. The summed E-state index contributed by atoms with van der Waals surface area (Å²) < 4.78 is 19.1. The van der Waals surface area contributed by atoms with Gasteiger partial charge >= 0.3 is 0 Å². The minimum absolute atomic E-state index is 0.273. The number of hydrogen-bond donors (Lipinski definition) is 1. The summed E-state index contributed by atoms with van der Waals surface area (Å²) in [4.78, 5) is 0. The van der Waals surface area contributed by atoms with Gasteiger partial charge in [0.25, 0.3) is 0 Å². The predicted octanol–water partition coefficient (Wildman–Crippen LogP) is 3.99. The Kier molecular flexibility index (Phi) is 4.22. The van der Waals surface area contributed by atoms with Gasteiger partial charge in [-0.15, -0.1) is 0 Å². The van der Waals surface area contributed by atoms with Crippen molar-refractivity contribution in [3.8, 4) is 5.75 Å². The molecule has 0 fully saturated rings. The van der Waals surface area contributed by atoms with E-state index in [1.807, 2.05) is 0 Å². The van der Waals surface area contributed by atoms with E-state index in [1.54, 1.807) is 44.4 Å². The van der Waals surface area contributed by atoms with Crippen LogP contribution in [0.15, 0.2) is 40.9 Å². The molecule has 0 radical (unpaired) electrons. The van der Waals surface area contributed by atoms with Gasteiger partial charge in [0, 0.05) is 4.47 Å². The van der Waals surface area contributed by atoms with E-state index in [0.717, 1.165) is 4.47 Å². The average Bonchev–Trinajstić information content (AvgIpc) is 2.41. The zero-order valence-corrected chi connectivity index (χ0v) is 12.2. The summed E-state index contributed by atoms with van der Waals surface area (Å²) >= 11 is 3.40. The van der Waals surface area contributed by atoms with Gasteiger partial charge in [0.2, 0.25) is 0 Å². The second-order valence-electron chi connectivity index (χ2n) is 4.30. The molecule has 4 heteroatoms. The number of rotatable bonds is 3. The van der Waals surface area contributed by atoms with Crippen LogP contribution in [0.1, 0.15) is 22.8 Å². The van der Waals surface area contributed by atoms with Crippen molar-refractivity contribution >= 4 is 15.9 Å². The fourth-order valence-corrected chi connectivity index (χ4v) is 2.45. The first-order valence-corrected chi connectivity index (χ1v) is 6.59. The fraction of sp³-hybridized carbons (Fsp3) is 0.200. The lowest BCUT2D eigenvalue weighted by molar-refractivity contribution is 0.219. The highest BCUT2D eigenvalue weighted by atomic mass is 79.9. The van der Waals surface area contributed by atoms with E-state index in [0.29, 0.717) is 22.4 Å². The lowest BCUT2D eigenvalue weighted by Gasteiger charge is -2.15. The molecule has 0 aliphatic rings. The molecule has 2 nitrogen and oxygen atoms in total. The predicted molar refractivity (Wildman–Crippen MR) is 75.9 cm³/mol. The second kappa shape index (κ2) is 5.72. The summed E-state index contributed by atoms with van der Waals surface area (Å²) in [5.74, 6) is 0.433. The Bertz CT molecular complexity index is 599. The molecular weight excluding hydrogens is 311 g/mol. The number of benzene rings is 2. The van der Waals surface area contributed by atoms with Crippen LogP contribution in [-0.2, 0) is 0 Å². The van der Waals surface area contributed by atoms with E-state index in [2.05, 4.69) is 15.9 Å². The summed E-state index contributed by atoms with van der Waals surface area (Å²) in [5.41, 5.74) is 1.89. The van der Waals surface area contributed by atoms with Crippen LogP contribution in [-0.4, -0.2) is 12.2 Å². The van der Waals surface area contributed by atoms with Crippen LogP contribution in [0.2, 0.25) is 0 Å². The Morgan fingerprint density at radius 2 is 1.95 bits per heavy atom. The van der Waals surface area contributed by atoms with Crippen molar-refractivity contribution in [3.63, 3.8) is 0 Å². The molecular formula is C15H14BrFO2. The van der Waals surface area contributed by atoms with Gasteiger partial charge in [0.15, 0.2) is 0 Å². The minimum Gasteiger partial charge on any atom is -0.497 e. The van der Waals surface area contributed by atoms with E-state index in [4.69, 9.17) is 4.74 Å². The standard InChI is InChI=1S/C15H14BrFO2/c1-9-7-10(3-6-14(9)17)15(18)12-5-4-11(19-2)8-13(12)16/h3-8,15,18H,1-2H3. The molecule has 2 rings (SSSR count). The molecule has 2 aromatic rings. The van der Waals surface area contributed by atoms with Crippen molar-refractivity contribution in [2.45, 2.75) is 13.0 Å². The number of halogens is 2. The number of aryl methyl sites for hydroxylation is 1. The van der Waals surface area contributed by atoms with Gasteiger partial charge in [-0.1, -0.05) is 34.1 Å². The Hall–Kier alpha value is -1.39. The largest absolute Gasteiger partial charge is 0.497 e. The molecule has 0 aliphatic heterocycles. The summed E-state index contributed by atoms with van der Waals surface area (Å²) in [6, 6.07) is 9.95. The third-order valence-electron chi connectivity index (χ3n) is 3.00. The van der Waals surface area contributed by atoms with Crippen molar-refractivity contribution in [1.82, 2.24) is 0 Å². The lowest BCUT2D eigenvalue weighted by Crippen LogP contribution is -2.02. The number of aliphatic hydroxyl groups is 1. The van der Waals surface area contributed by atoms with Gasteiger partial charge in [0.1, 0.15) is 17.7 Å². The molecule has 100 valence electrons. The van der Waals surface area contributed by atoms with Gasteiger partial charge in [-0.25, -0.2) is 4.39 Å². The van der Waals surface area contributed by atoms with Crippen molar-refractivity contribution in [2.24, 2.45) is 0 Å². The van der Waals surface area contributed by atoms with Crippen LogP contribution in [0.5, 0.6) is 5.75 Å². The Balaban J connectivity index is 2.38. The smallest absolute Gasteiger partial charge is 0.126 e.